The van der Waals surface area contributed by atoms with E-state index in [1.54, 1.807) is 52.0 Å². The van der Waals surface area contributed by atoms with E-state index in [4.69, 9.17) is 10.5 Å². The molecular weight excluding hydrogens is 644 g/mol. The van der Waals surface area contributed by atoms with Gasteiger partial charge in [-0.3, -0.25) is 33.7 Å². The Balaban J connectivity index is 1.94. The van der Waals surface area contributed by atoms with Gasteiger partial charge in [0.1, 0.15) is 18.7 Å². The van der Waals surface area contributed by atoms with Crippen molar-refractivity contribution in [1.82, 2.24) is 20.9 Å². The molecular formula is C36H56N6O8. The van der Waals surface area contributed by atoms with E-state index in [1.165, 1.54) is 4.90 Å². The number of unbranched alkanes of at least 4 members (excludes halogenated alkanes) is 2. The maximum Gasteiger partial charge on any atom is 0.312 e. The summed E-state index contributed by atoms with van der Waals surface area (Å²) < 4.78 is 5.24. The number of carbonyl (C=O) groups is 7. The molecule has 50 heavy (non-hydrogen) atoms. The fourth-order valence-corrected chi connectivity index (χ4v) is 5.39. The van der Waals surface area contributed by atoms with Crippen LogP contribution in [0.25, 0.3) is 0 Å². The first kappa shape index (κ1) is 41.7. The molecule has 1 aromatic carbocycles. The zero-order valence-electron chi connectivity index (χ0n) is 30.6. The van der Waals surface area contributed by atoms with Crippen molar-refractivity contribution in [2.45, 2.75) is 112 Å². The maximum absolute atomic E-state index is 13.4. The molecule has 0 bridgehead atoms. The Morgan fingerprint density at radius 1 is 0.920 bits per heavy atom. The molecule has 278 valence electrons. The van der Waals surface area contributed by atoms with Gasteiger partial charge < -0.3 is 31.7 Å². The molecule has 14 heteroatoms. The second-order valence-electron chi connectivity index (χ2n) is 14.5. The van der Waals surface area contributed by atoms with Crippen LogP contribution in [0.2, 0.25) is 0 Å². The third-order valence-corrected chi connectivity index (χ3v) is 8.52. The second-order valence-corrected chi connectivity index (χ2v) is 14.5. The predicted octanol–water partition coefficient (Wildman–Crippen LogP) is 3.38. The number of primary amides is 1. The van der Waals surface area contributed by atoms with Gasteiger partial charge in [-0.1, -0.05) is 67.0 Å². The fraction of sp³-hybridized carbons (Fsp3) is 0.639. The van der Waals surface area contributed by atoms with Crippen LogP contribution in [0.1, 0.15) is 99.0 Å². The quantitative estimate of drug-likeness (QED) is 0.0820. The summed E-state index contributed by atoms with van der Waals surface area (Å²) in [6, 6.07) is 4.13. The minimum atomic E-state index is -0.990. The van der Waals surface area contributed by atoms with E-state index >= 15 is 0 Å². The normalized spacial score (nSPS) is 15.9. The fourth-order valence-electron chi connectivity index (χ4n) is 5.39. The first-order valence-corrected chi connectivity index (χ1v) is 17.4. The Morgan fingerprint density at radius 3 is 2.14 bits per heavy atom. The number of nitrogens with zero attached hydrogens (tertiary/aromatic N) is 1. The number of nitrogens with two attached hydrogens (primary N) is 1. The molecule has 0 aliphatic carbocycles. The van der Waals surface area contributed by atoms with Crippen LogP contribution in [-0.4, -0.2) is 71.6 Å². The highest BCUT2D eigenvalue weighted by atomic mass is 16.5. The van der Waals surface area contributed by atoms with Crippen LogP contribution in [0, 0.1) is 23.2 Å². The Bertz CT molecular complexity index is 1360. The Morgan fingerprint density at radius 2 is 1.58 bits per heavy atom. The largest absolute Gasteiger partial charge is 0.461 e. The molecule has 3 unspecified atom stereocenters. The number of ether oxygens (including phenoxy) is 1. The summed E-state index contributed by atoms with van der Waals surface area (Å²) in [5.74, 6) is -2.82. The van der Waals surface area contributed by atoms with Gasteiger partial charge in [0.15, 0.2) is 0 Å². The van der Waals surface area contributed by atoms with Crippen LogP contribution in [0.4, 0.5) is 10.5 Å². The summed E-state index contributed by atoms with van der Waals surface area (Å²) in [6.45, 7) is 13.5. The molecule has 0 aromatic heterocycles. The third kappa shape index (κ3) is 13.8. The first-order chi connectivity index (χ1) is 23.4. The number of amides is 7. The summed E-state index contributed by atoms with van der Waals surface area (Å²) >= 11 is 0. The zero-order chi connectivity index (χ0) is 37.6. The monoisotopic (exact) mass is 700 g/mol. The lowest BCUT2D eigenvalue weighted by Crippen LogP contribution is -2.54. The van der Waals surface area contributed by atoms with Crippen molar-refractivity contribution in [3.63, 3.8) is 0 Å². The molecule has 0 spiro atoms. The van der Waals surface area contributed by atoms with E-state index < -0.39 is 29.9 Å². The van der Waals surface area contributed by atoms with Crippen molar-refractivity contribution in [3.8, 4) is 0 Å². The van der Waals surface area contributed by atoms with Crippen LogP contribution < -0.4 is 27.0 Å². The van der Waals surface area contributed by atoms with E-state index in [9.17, 15) is 33.6 Å². The molecule has 1 saturated heterocycles. The second kappa shape index (κ2) is 19.6. The molecule has 7 amide bonds. The van der Waals surface area contributed by atoms with Crippen LogP contribution >= 0.6 is 0 Å². The van der Waals surface area contributed by atoms with Crippen molar-refractivity contribution in [3.05, 3.63) is 29.8 Å². The molecule has 1 aromatic rings. The van der Waals surface area contributed by atoms with E-state index in [0.29, 0.717) is 37.9 Å². The number of nitrogens with one attached hydrogen (secondary N) is 4. The maximum atomic E-state index is 13.4. The van der Waals surface area contributed by atoms with Gasteiger partial charge in [-0.15, -0.1) is 0 Å². The lowest BCUT2D eigenvalue weighted by Gasteiger charge is -2.25. The van der Waals surface area contributed by atoms with Crippen molar-refractivity contribution in [1.29, 1.82) is 0 Å². The van der Waals surface area contributed by atoms with Crippen molar-refractivity contribution < 1.29 is 38.3 Å². The summed E-state index contributed by atoms with van der Waals surface area (Å²) in [5.41, 5.74) is 6.06. The Labute approximate surface area is 295 Å². The number of esters is 1. The topological polar surface area (TPSA) is 206 Å². The third-order valence-electron chi connectivity index (χ3n) is 8.52. The average molecular weight is 701 g/mol. The molecule has 0 radical (unpaired) electrons. The molecule has 0 saturated carbocycles. The number of anilines is 1. The summed E-state index contributed by atoms with van der Waals surface area (Å²) in [4.78, 5) is 88.9. The average Bonchev–Trinajstić information content (AvgIpc) is 3.33. The van der Waals surface area contributed by atoms with E-state index in [2.05, 4.69) is 21.3 Å². The van der Waals surface area contributed by atoms with Crippen LogP contribution in [0.15, 0.2) is 24.3 Å². The number of hydrogen-bond acceptors (Lipinski definition) is 8. The molecule has 1 fully saturated rings. The molecule has 3 atom stereocenters. The standard InChI is InChI=1S/C36H56N6O8/c1-22(2)30(41-28(43)13-9-8-10-19-42-29(44)20-26(33(42)47)36(5,6)7)32(46)40-27(12-11-18-38-35(37)49)31(45)39-25-16-14-24(15-17-25)21-50-34(48)23(3)4/h14-17,22-23,26-27,30H,8-13,18-21H2,1-7H3,(H,39,45)(H,40,46)(H,41,43)(H3,37,38,49). The number of rotatable bonds is 19. The van der Waals surface area contributed by atoms with Gasteiger partial charge >= 0.3 is 12.0 Å². The number of likely N-dealkylation sites (tertiary alicyclic amines) is 1. The lowest BCUT2D eigenvalue weighted by atomic mass is 9.80. The van der Waals surface area contributed by atoms with Gasteiger partial charge in [-0.05, 0) is 54.7 Å². The van der Waals surface area contributed by atoms with Gasteiger partial charge in [0.25, 0.3) is 0 Å². The van der Waals surface area contributed by atoms with Crippen molar-refractivity contribution in [2.75, 3.05) is 18.4 Å². The smallest absolute Gasteiger partial charge is 0.312 e. The predicted molar refractivity (Wildman–Crippen MR) is 188 cm³/mol. The first-order valence-electron chi connectivity index (χ1n) is 17.4. The van der Waals surface area contributed by atoms with Crippen LogP contribution in [-0.2, 0) is 40.1 Å². The van der Waals surface area contributed by atoms with E-state index in [-0.39, 0.29) is 79.3 Å². The molecule has 1 heterocycles. The summed E-state index contributed by atoms with van der Waals surface area (Å²) in [5, 5.41) is 10.8. The molecule has 14 nitrogen and oxygen atoms in total. The van der Waals surface area contributed by atoms with Gasteiger partial charge in [0.2, 0.25) is 29.5 Å². The highest BCUT2D eigenvalue weighted by molar-refractivity contribution is 6.04. The molecule has 1 aliphatic heterocycles. The number of benzene rings is 1. The minimum Gasteiger partial charge on any atom is -0.461 e. The number of carbonyl (C=O) groups excluding carboxylic acids is 7. The molecule has 6 N–H and O–H groups in total. The summed E-state index contributed by atoms with van der Waals surface area (Å²) in [7, 11) is 0. The van der Waals surface area contributed by atoms with Crippen molar-refractivity contribution >= 4 is 47.2 Å². The van der Waals surface area contributed by atoms with E-state index in [1.807, 2.05) is 20.8 Å². The van der Waals surface area contributed by atoms with Gasteiger partial charge in [-0.2, -0.15) is 0 Å². The van der Waals surface area contributed by atoms with Crippen LogP contribution in [0.3, 0.4) is 0 Å². The van der Waals surface area contributed by atoms with Crippen molar-refractivity contribution in [2.24, 2.45) is 28.9 Å². The van der Waals surface area contributed by atoms with Gasteiger partial charge in [0.05, 0.1) is 11.8 Å². The summed E-state index contributed by atoms with van der Waals surface area (Å²) in [6.07, 6.45) is 2.60. The van der Waals surface area contributed by atoms with Gasteiger partial charge in [-0.25, -0.2) is 4.79 Å². The molecule has 2 rings (SSSR count). The molecule has 1 aliphatic rings. The highest BCUT2D eigenvalue weighted by Gasteiger charge is 2.44. The highest BCUT2D eigenvalue weighted by Crippen LogP contribution is 2.35. The Kier molecular flexibility index (Phi) is 16.4. The minimum absolute atomic E-state index is 0.0950. The number of imide groups is 1. The SMILES string of the molecule is CC(C)C(=O)OCc1ccc(NC(=O)C(CCCNC(N)=O)NC(=O)C(NC(=O)CCCCCN2C(=O)CC(C(C)(C)C)C2=O)C(C)C)cc1. The van der Waals surface area contributed by atoms with Gasteiger partial charge in [0, 0.05) is 31.6 Å². The number of hydrogen-bond donors (Lipinski definition) is 5. The zero-order valence-corrected chi connectivity index (χ0v) is 30.6. The number of urea groups is 1. The lowest BCUT2D eigenvalue weighted by molar-refractivity contribution is -0.148. The van der Waals surface area contributed by atoms with Crippen LogP contribution in [0.5, 0.6) is 0 Å². The van der Waals surface area contributed by atoms with E-state index in [0.717, 1.165) is 5.56 Å². The Hall–Kier alpha value is -4.49.